The van der Waals surface area contributed by atoms with Gasteiger partial charge in [-0.25, -0.2) is 0 Å². The maximum atomic E-state index is 9.03. The summed E-state index contributed by atoms with van der Waals surface area (Å²) in [5.74, 6) is 0.650. The number of anilines is 1. The lowest BCUT2D eigenvalue weighted by Gasteiger charge is -2.34. The summed E-state index contributed by atoms with van der Waals surface area (Å²) in [5.41, 5.74) is 4.31. The number of nitrogens with one attached hydrogen (secondary N) is 1. The van der Waals surface area contributed by atoms with Gasteiger partial charge in [0.25, 0.3) is 0 Å². The van der Waals surface area contributed by atoms with Gasteiger partial charge in [0.1, 0.15) is 0 Å². The Morgan fingerprint density at radius 1 is 1.10 bits per heavy atom. The SMILES string of the molecule is CN(C)c1ccc(Br)c(C2CCC(=CNCCN3CCN(CCO)CC3)CC2)c1. The second-order valence-corrected chi connectivity index (χ2v) is 9.39. The van der Waals surface area contributed by atoms with E-state index < -0.39 is 0 Å². The minimum atomic E-state index is 0.272. The van der Waals surface area contributed by atoms with E-state index in [4.69, 9.17) is 5.11 Å². The Hall–Kier alpha value is -1.08. The van der Waals surface area contributed by atoms with Gasteiger partial charge < -0.3 is 15.3 Å². The van der Waals surface area contributed by atoms with Crippen LogP contribution in [0.1, 0.15) is 37.2 Å². The van der Waals surface area contributed by atoms with Crippen LogP contribution in [0.25, 0.3) is 0 Å². The van der Waals surface area contributed by atoms with E-state index >= 15 is 0 Å². The van der Waals surface area contributed by atoms with Crippen molar-refractivity contribution in [1.82, 2.24) is 15.1 Å². The van der Waals surface area contributed by atoms with Crippen molar-refractivity contribution in [2.75, 3.05) is 71.4 Å². The predicted octanol–water partition coefficient (Wildman–Crippen LogP) is 3.26. The third kappa shape index (κ3) is 6.71. The average molecular weight is 465 g/mol. The molecule has 1 aliphatic heterocycles. The molecule has 0 amide bonds. The van der Waals surface area contributed by atoms with E-state index in [9.17, 15) is 0 Å². The Bertz CT molecular complexity index is 661. The van der Waals surface area contributed by atoms with Gasteiger partial charge in [0.2, 0.25) is 0 Å². The number of rotatable bonds is 8. The molecule has 6 heteroatoms. The normalized spacial score (nSPS) is 21.2. The van der Waals surface area contributed by atoms with Gasteiger partial charge in [0.05, 0.1) is 6.61 Å². The molecule has 2 N–H and O–H groups in total. The number of hydrogen-bond acceptors (Lipinski definition) is 5. The highest BCUT2D eigenvalue weighted by Gasteiger charge is 2.21. The van der Waals surface area contributed by atoms with Crippen molar-refractivity contribution in [1.29, 1.82) is 0 Å². The molecule has 0 radical (unpaired) electrons. The minimum Gasteiger partial charge on any atom is -0.395 e. The van der Waals surface area contributed by atoms with Crippen molar-refractivity contribution in [3.63, 3.8) is 0 Å². The monoisotopic (exact) mass is 464 g/mol. The van der Waals surface area contributed by atoms with Crippen molar-refractivity contribution in [3.05, 3.63) is 40.0 Å². The summed E-state index contributed by atoms with van der Waals surface area (Å²) in [5, 5.41) is 12.6. The summed E-state index contributed by atoms with van der Waals surface area (Å²) in [6.07, 6.45) is 7.13. The van der Waals surface area contributed by atoms with Crippen LogP contribution < -0.4 is 10.2 Å². The fourth-order valence-corrected chi connectivity index (χ4v) is 4.95. The summed E-state index contributed by atoms with van der Waals surface area (Å²) in [7, 11) is 4.21. The largest absolute Gasteiger partial charge is 0.395 e. The molecule has 0 unspecified atom stereocenters. The zero-order valence-corrected chi connectivity index (χ0v) is 19.6. The molecule has 1 aromatic rings. The summed E-state index contributed by atoms with van der Waals surface area (Å²) in [6, 6.07) is 6.72. The van der Waals surface area contributed by atoms with Gasteiger partial charge >= 0.3 is 0 Å². The molecule has 0 spiro atoms. The van der Waals surface area contributed by atoms with Gasteiger partial charge in [0, 0.05) is 70.1 Å². The van der Waals surface area contributed by atoms with E-state index in [0.29, 0.717) is 5.92 Å². The molecule has 0 aromatic heterocycles. The molecule has 5 nitrogen and oxygen atoms in total. The van der Waals surface area contributed by atoms with Crippen LogP contribution >= 0.6 is 15.9 Å². The number of allylic oxidation sites excluding steroid dienone is 1. The zero-order valence-electron chi connectivity index (χ0n) is 18.0. The van der Waals surface area contributed by atoms with Crippen molar-refractivity contribution in [2.24, 2.45) is 0 Å². The number of hydrogen-bond donors (Lipinski definition) is 2. The van der Waals surface area contributed by atoms with Crippen LogP contribution in [-0.2, 0) is 0 Å². The summed E-state index contributed by atoms with van der Waals surface area (Å²) < 4.78 is 1.25. The maximum absolute atomic E-state index is 9.03. The van der Waals surface area contributed by atoms with E-state index in [-0.39, 0.29) is 6.61 Å². The summed E-state index contributed by atoms with van der Waals surface area (Å²) in [4.78, 5) is 7.04. The highest BCUT2D eigenvalue weighted by molar-refractivity contribution is 9.10. The minimum absolute atomic E-state index is 0.272. The molecule has 2 fully saturated rings. The van der Waals surface area contributed by atoms with Gasteiger partial charge in [-0.15, -0.1) is 0 Å². The number of β-amino-alcohol motifs (C(OH)–C–C–N with tert-alkyl or cyclic N) is 1. The first-order chi connectivity index (χ1) is 14.1. The first-order valence-corrected chi connectivity index (χ1v) is 11.8. The summed E-state index contributed by atoms with van der Waals surface area (Å²) in [6.45, 7) is 7.58. The van der Waals surface area contributed by atoms with Crippen molar-refractivity contribution in [2.45, 2.75) is 31.6 Å². The van der Waals surface area contributed by atoms with Crippen LogP contribution in [0.4, 0.5) is 5.69 Å². The van der Waals surface area contributed by atoms with Crippen LogP contribution in [0.5, 0.6) is 0 Å². The number of halogens is 1. The number of aliphatic hydroxyl groups is 1. The number of nitrogens with zero attached hydrogens (tertiary/aromatic N) is 3. The fourth-order valence-electron chi connectivity index (χ4n) is 4.38. The molecule has 1 heterocycles. The van der Waals surface area contributed by atoms with E-state index in [2.05, 4.69) is 74.4 Å². The average Bonchev–Trinajstić information content (AvgIpc) is 2.73. The van der Waals surface area contributed by atoms with E-state index in [1.54, 1.807) is 5.57 Å². The third-order valence-electron chi connectivity index (χ3n) is 6.32. The first-order valence-electron chi connectivity index (χ1n) is 11.0. The molecule has 1 saturated carbocycles. The number of piperazine rings is 1. The van der Waals surface area contributed by atoms with E-state index in [1.807, 2.05) is 0 Å². The second-order valence-electron chi connectivity index (χ2n) is 8.54. The zero-order chi connectivity index (χ0) is 20.6. The van der Waals surface area contributed by atoms with Gasteiger partial charge in [-0.2, -0.15) is 0 Å². The number of aliphatic hydroxyl groups excluding tert-OH is 1. The molecule has 0 bridgehead atoms. The summed E-state index contributed by atoms with van der Waals surface area (Å²) >= 11 is 3.77. The predicted molar refractivity (Wildman–Crippen MR) is 126 cm³/mol. The Labute approximate surface area is 184 Å². The molecule has 1 aromatic carbocycles. The maximum Gasteiger partial charge on any atom is 0.0558 e. The Morgan fingerprint density at radius 2 is 1.76 bits per heavy atom. The molecule has 0 atom stereocenters. The molecule has 1 saturated heterocycles. The van der Waals surface area contributed by atoms with Crippen LogP contribution in [0.15, 0.2) is 34.4 Å². The fraction of sp³-hybridized carbons (Fsp3) is 0.652. The topological polar surface area (TPSA) is 42.0 Å². The Kier molecular flexibility index (Phi) is 8.85. The van der Waals surface area contributed by atoms with Crippen molar-refractivity contribution >= 4 is 21.6 Å². The highest BCUT2D eigenvalue weighted by atomic mass is 79.9. The molecule has 162 valence electrons. The lowest BCUT2D eigenvalue weighted by Crippen LogP contribution is -2.48. The molecule has 1 aliphatic carbocycles. The standard InChI is InChI=1S/C23H37BrN4O/c1-26(2)21-7-8-23(24)22(17-21)20-5-3-19(4-6-20)18-25-9-10-27-11-13-28(14-12-27)15-16-29/h7-8,17-18,20,25,29H,3-6,9-16H2,1-2H3. The van der Waals surface area contributed by atoms with Crippen LogP contribution in [0, 0.1) is 0 Å². The van der Waals surface area contributed by atoms with Crippen molar-refractivity contribution in [3.8, 4) is 0 Å². The Morgan fingerprint density at radius 3 is 2.38 bits per heavy atom. The van der Waals surface area contributed by atoms with Gasteiger partial charge in [-0.3, -0.25) is 9.80 Å². The Balaban J connectivity index is 1.39. The smallest absolute Gasteiger partial charge is 0.0558 e. The van der Waals surface area contributed by atoms with Crippen LogP contribution in [-0.4, -0.2) is 81.4 Å². The quantitative estimate of drug-likeness (QED) is 0.577. The van der Waals surface area contributed by atoms with Crippen molar-refractivity contribution < 1.29 is 5.11 Å². The van der Waals surface area contributed by atoms with E-state index in [0.717, 1.165) is 45.8 Å². The molecule has 29 heavy (non-hydrogen) atoms. The molecular formula is C23H37BrN4O. The lowest BCUT2D eigenvalue weighted by atomic mass is 9.82. The molecule has 3 rings (SSSR count). The van der Waals surface area contributed by atoms with E-state index in [1.165, 1.54) is 41.4 Å². The second kappa shape index (κ2) is 11.3. The molecule has 2 aliphatic rings. The first kappa shape index (κ1) is 22.6. The van der Waals surface area contributed by atoms with Gasteiger partial charge in [0.15, 0.2) is 0 Å². The van der Waals surface area contributed by atoms with Crippen LogP contribution in [0.3, 0.4) is 0 Å². The van der Waals surface area contributed by atoms with Crippen LogP contribution in [0.2, 0.25) is 0 Å². The van der Waals surface area contributed by atoms with Gasteiger partial charge in [-0.1, -0.05) is 21.5 Å². The highest BCUT2D eigenvalue weighted by Crippen LogP contribution is 2.39. The van der Waals surface area contributed by atoms with Gasteiger partial charge in [-0.05, 0) is 61.6 Å². The third-order valence-corrected chi connectivity index (χ3v) is 7.05. The molecular weight excluding hydrogens is 428 g/mol. The number of benzene rings is 1. The lowest BCUT2D eigenvalue weighted by molar-refractivity contribution is 0.114.